The van der Waals surface area contributed by atoms with Crippen molar-refractivity contribution >= 4 is 34.0 Å². The van der Waals surface area contributed by atoms with E-state index in [-0.39, 0.29) is 0 Å². The summed E-state index contributed by atoms with van der Waals surface area (Å²) in [6, 6.07) is 11.6. The van der Waals surface area contributed by atoms with Crippen LogP contribution in [0.1, 0.15) is 12.5 Å². The number of ether oxygens (including phenoxy) is 2. The van der Waals surface area contributed by atoms with Crippen LogP contribution in [0.2, 0.25) is 0 Å². The van der Waals surface area contributed by atoms with Crippen molar-refractivity contribution < 1.29 is 19.1 Å². The van der Waals surface area contributed by atoms with Crippen LogP contribution in [0.5, 0.6) is 0 Å². The van der Waals surface area contributed by atoms with Gasteiger partial charge in [-0.3, -0.25) is 0 Å². The van der Waals surface area contributed by atoms with Gasteiger partial charge in [-0.05, 0) is 18.4 Å². The Balaban J connectivity index is 2.29. The Labute approximate surface area is 133 Å². The van der Waals surface area contributed by atoms with Crippen LogP contribution in [0.4, 0.5) is 5.69 Å². The average Bonchev–Trinajstić information content (AvgIpc) is 2.59. The van der Waals surface area contributed by atoms with E-state index in [4.69, 9.17) is 9.47 Å². The topological polar surface area (TPSA) is 64.6 Å². The largest absolute Gasteiger partial charge is 0.467 e. The molecular formula is C18H17NO4. The standard InChI is InChI=1S/C18H17NO4/c1-18(17(21)23-3)10-14(16(20)22-2)13-9-8-11-6-4-5-7-12(11)15(13)19-18/h4-10,19H,1-3H3. The Morgan fingerprint density at radius 3 is 2.48 bits per heavy atom. The highest BCUT2D eigenvalue weighted by Crippen LogP contribution is 2.39. The molecule has 1 heterocycles. The first kappa shape index (κ1) is 15.1. The number of carbonyl (C=O) groups is 2. The second-order valence-corrected chi connectivity index (χ2v) is 5.58. The van der Waals surface area contributed by atoms with E-state index < -0.39 is 17.5 Å². The molecule has 0 saturated heterocycles. The van der Waals surface area contributed by atoms with Gasteiger partial charge in [-0.15, -0.1) is 0 Å². The van der Waals surface area contributed by atoms with E-state index in [1.54, 1.807) is 13.0 Å². The summed E-state index contributed by atoms with van der Waals surface area (Å²) in [6.45, 7) is 1.67. The van der Waals surface area contributed by atoms with Gasteiger partial charge in [-0.1, -0.05) is 36.4 Å². The number of hydrogen-bond donors (Lipinski definition) is 1. The number of benzene rings is 2. The molecule has 1 aliphatic heterocycles. The van der Waals surface area contributed by atoms with E-state index in [0.717, 1.165) is 16.5 Å². The van der Waals surface area contributed by atoms with Crippen molar-refractivity contribution in [1.82, 2.24) is 0 Å². The Morgan fingerprint density at radius 1 is 1.04 bits per heavy atom. The van der Waals surface area contributed by atoms with Crippen molar-refractivity contribution in [2.45, 2.75) is 12.5 Å². The number of rotatable bonds is 2. The summed E-state index contributed by atoms with van der Waals surface area (Å²) in [7, 11) is 2.64. The molecule has 3 rings (SSSR count). The first-order valence-corrected chi connectivity index (χ1v) is 7.20. The maximum atomic E-state index is 12.2. The summed E-state index contributed by atoms with van der Waals surface area (Å²) >= 11 is 0. The van der Waals surface area contributed by atoms with Gasteiger partial charge in [0, 0.05) is 10.9 Å². The molecule has 0 aromatic heterocycles. The van der Waals surface area contributed by atoms with Gasteiger partial charge in [0.25, 0.3) is 0 Å². The van der Waals surface area contributed by atoms with Crippen molar-refractivity contribution in [1.29, 1.82) is 0 Å². The van der Waals surface area contributed by atoms with E-state index in [0.29, 0.717) is 11.1 Å². The first-order chi connectivity index (χ1) is 11.0. The SMILES string of the molecule is COC(=O)C1=CC(C)(C(=O)OC)Nc2c1ccc1ccccc21. The summed E-state index contributed by atoms with van der Waals surface area (Å²) in [5, 5.41) is 5.15. The highest BCUT2D eigenvalue weighted by molar-refractivity contribution is 6.22. The maximum absolute atomic E-state index is 12.2. The predicted molar refractivity (Wildman–Crippen MR) is 88.0 cm³/mol. The molecule has 0 amide bonds. The Hall–Kier alpha value is -2.82. The summed E-state index contributed by atoms with van der Waals surface area (Å²) in [4.78, 5) is 24.4. The number of methoxy groups -OCH3 is 2. The molecule has 0 saturated carbocycles. The molecule has 1 atom stereocenters. The Bertz CT molecular complexity index is 840. The summed E-state index contributed by atoms with van der Waals surface area (Å²) in [5.41, 5.74) is 0.630. The number of hydrogen-bond acceptors (Lipinski definition) is 5. The normalized spacial score (nSPS) is 19.3. The van der Waals surface area contributed by atoms with Gasteiger partial charge in [-0.2, -0.15) is 0 Å². The lowest BCUT2D eigenvalue weighted by molar-refractivity contribution is -0.143. The van der Waals surface area contributed by atoms with Crippen LogP contribution in [0.15, 0.2) is 42.5 Å². The smallest absolute Gasteiger partial charge is 0.338 e. The van der Waals surface area contributed by atoms with Crippen LogP contribution in [0.3, 0.4) is 0 Å². The Kier molecular flexibility index (Phi) is 3.56. The van der Waals surface area contributed by atoms with Gasteiger partial charge in [0.05, 0.1) is 25.5 Å². The molecule has 0 radical (unpaired) electrons. The van der Waals surface area contributed by atoms with Gasteiger partial charge in [-0.25, -0.2) is 9.59 Å². The molecule has 1 unspecified atom stereocenters. The molecule has 0 spiro atoms. The third-order valence-electron chi connectivity index (χ3n) is 4.05. The fourth-order valence-electron chi connectivity index (χ4n) is 2.89. The molecule has 1 aliphatic rings. The molecule has 2 aromatic rings. The van der Waals surface area contributed by atoms with Gasteiger partial charge in [0.15, 0.2) is 5.54 Å². The number of esters is 2. The molecule has 5 heteroatoms. The highest BCUT2D eigenvalue weighted by Gasteiger charge is 2.39. The zero-order valence-electron chi connectivity index (χ0n) is 13.2. The molecule has 118 valence electrons. The highest BCUT2D eigenvalue weighted by atomic mass is 16.5. The van der Waals surface area contributed by atoms with Crippen LogP contribution in [-0.2, 0) is 19.1 Å². The van der Waals surface area contributed by atoms with Gasteiger partial charge >= 0.3 is 11.9 Å². The fraction of sp³-hybridized carbons (Fsp3) is 0.222. The lowest BCUT2D eigenvalue weighted by Gasteiger charge is -2.33. The molecule has 2 aromatic carbocycles. The van der Waals surface area contributed by atoms with Crippen molar-refractivity contribution in [3.8, 4) is 0 Å². The number of anilines is 1. The van der Waals surface area contributed by atoms with Crippen LogP contribution in [-0.4, -0.2) is 31.7 Å². The third kappa shape index (κ3) is 2.34. The molecule has 0 fully saturated rings. The number of nitrogens with one attached hydrogen (secondary N) is 1. The summed E-state index contributed by atoms with van der Waals surface area (Å²) in [6.07, 6.45) is 1.56. The van der Waals surface area contributed by atoms with Crippen LogP contribution >= 0.6 is 0 Å². The van der Waals surface area contributed by atoms with Crippen LogP contribution < -0.4 is 5.32 Å². The third-order valence-corrected chi connectivity index (χ3v) is 4.05. The van der Waals surface area contributed by atoms with Crippen molar-refractivity contribution in [3.63, 3.8) is 0 Å². The second kappa shape index (κ2) is 5.43. The quantitative estimate of drug-likeness (QED) is 0.864. The van der Waals surface area contributed by atoms with Crippen LogP contribution in [0.25, 0.3) is 16.3 Å². The van der Waals surface area contributed by atoms with Gasteiger partial charge in [0.2, 0.25) is 0 Å². The minimum atomic E-state index is -1.14. The maximum Gasteiger partial charge on any atom is 0.338 e. The second-order valence-electron chi connectivity index (χ2n) is 5.58. The van der Waals surface area contributed by atoms with Crippen LogP contribution in [0, 0.1) is 0 Å². The average molecular weight is 311 g/mol. The van der Waals surface area contributed by atoms with E-state index >= 15 is 0 Å². The Morgan fingerprint density at radius 2 is 1.78 bits per heavy atom. The lowest BCUT2D eigenvalue weighted by Crippen LogP contribution is -2.45. The van der Waals surface area contributed by atoms with Crippen molar-refractivity contribution in [2.24, 2.45) is 0 Å². The zero-order chi connectivity index (χ0) is 16.6. The molecule has 5 nitrogen and oxygen atoms in total. The molecule has 0 aliphatic carbocycles. The van der Waals surface area contributed by atoms with E-state index in [1.807, 2.05) is 36.4 Å². The summed E-state index contributed by atoms with van der Waals surface area (Å²) < 4.78 is 9.76. The minimum Gasteiger partial charge on any atom is -0.467 e. The molecule has 23 heavy (non-hydrogen) atoms. The number of fused-ring (bicyclic) bond motifs is 3. The predicted octanol–water partition coefficient (Wildman–Crippen LogP) is 2.75. The van der Waals surface area contributed by atoms with Gasteiger partial charge < -0.3 is 14.8 Å². The zero-order valence-corrected chi connectivity index (χ0v) is 13.2. The van der Waals surface area contributed by atoms with E-state index in [2.05, 4.69) is 5.32 Å². The molecule has 1 N–H and O–H groups in total. The molecule has 0 bridgehead atoms. The monoisotopic (exact) mass is 311 g/mol. The van der Waals surface area contributed by atoms with Gasteiger partial charge in [0.1, 0.15) is 0 Å². The first-order valence-electron chi connectivity index (χ1n) is 7.20. The van der Waals surface area contributed by atoms with Crippen molar-refractivity contribution in [2.75, 3.05) is 19.5 Å². The van der Waals surface area contributed by atoms with E-state index in [1.165, 1.54) is 14.2 Å². The minimum absolute atomic E-state index is 0.347. The molecular weight excluding hydrogens is 294 g/mol. The fourth-order valence-corrected chi connectivity index (χ4v) is 2.89. The lowest BCUT2D eigenvalue weighted by atomic mass is 9.87. The van der Waals surface area contributed by atoms with E-state index in [9.17, 15) is 9.59 Å². The van der Waals surface area contributed by atoms with Crippen molar-refractivity contribution in [3.05, 3.63) is 48.0 Å². The summed E-state index contributed by atoms with van der Waals surface area (Å²) in [5.74, 6) is -0.962. The number of carbonyl (C=O) groups excluding carboxylic acids is 2.